The van der Waals surface area contributed by atoms with Crippen molar-refractivity contribution in [3.63, 3.8) is 0 Å². The predicted octanol–water partition coefficient (Wildman–Crippen LogP) is 2.83. The van der Waals surface area contributed by atoms with E-state index in [2.05, 4.69) is 0 Å². The van der Waals surface area contributed by atoms with E-state index >= 15 is 0 Å². The number of sulfone groups is 1. The molecule has 1 saturated heterocycles. The molecule has 2 aromatic carbocycles. The Balaban J connectivity index is 1.69. The van der Waals surface area contributed by atoms with E-state index in [-0.39, 0.29) is 5.91 Å². The van der Waals surface area contributed by atoms with Crippen LogP contribution < -0.4 is 4.90 Å². The minimum atomic E-state index is -3.34. The molecule has 0 spiro atoms. The van der Waals surface area contributed by atoms with Crippen LogP contribution in [0.5, 0.6) is 0 Å². The molecule has 1 heterocycles. The van der Waals surface area contributed by atoms with Crippen LogP contribution in [0, 0.1) is 0 Å². The Labute approximate surface area is 155 Å². The van der Waals surface area contributed by atoms with Gasteiger partial charge in [-0.15, -0.1) is 0 Å². The first kappa shape index (κ1) is 18.5. The van der Waals surface area contributed by atoms with Crippen molar-refractivity contribution >= 4 is 21.4 Å². The molecule has 0 unspecified atom stereocenters. The summed E-state index contributed by atoms with van der Waals surface area (Å²) in [6, 6.07) is 16.1. The smallest absolute Gasteiger partial charge is 0.253 e. The monoisotopic (exact) mass is 372 g/mol. The second kappa shape index (κ2) is 7.50. The van der Waals surface area contributed by atoms with Gasteiger partial charge >= 0.3 is 0 Å². The number of benzene rings is 2. The molecule has 1 aliphatic heterocycles. The Morgan fingerprint density at radius 1 is 1.00 bits per heavy atom. The lowest BCUT2D eigenvalue weighted by atomic mass is 10.1. The molecule has 0 aromatic heterocycles. The third-order valence-corrected chi connectivity index (χ3v) is 7.13. The number of hydrogen-bond donors (Lipinski definition) is 0. The van der Waals surface area contributed by atoms with Crippen molar-refractivity contribution in [1.29, 1.82) is 0 Å². The fourth-order valence-electron chi connectivity index (χ4n) is 3.27. The average molecular weight is 372 g/mol. The lowest BCUT2D eigenvalue weighted by molar-refractivity contribution is 0.0725. The van der Waals surface area contributed by atoms with Crippen LogP contribution in [-0.4, -0.2) is 51.7 Å². The van der Waals surface area contributed by atoms with Crippen molar-refractivity contribution in [2.45, 2.75) is 23.0 Å². The van der Waals surface area contributed by atoms with Gasteiger partial charge in [0.25, 0.3) is 5.91 Å². The number of carbonyl (C=O) groups excluding carboxylic acids is 1. The molecule has 3 rings (SSSR count). The number of likely N-dealkylation sites (tertiary alicyclic amines) is 1. The molecule has 1 aliphatic rings. The third kappa shape index (κ3) is 3.75. The standard InChI is InChI=1S/C20H24N2O3S/c1-21(2)17-8-6-7-16(15-17)20(23)22-13-11-19(12-14-22)26(24,25)18-9-4-3-5-10-18/h3-10,15,19H,11-14H2,1-2H3. The van der Waals surface area contributed by atoms with Gasteiger partial charge in [0.2, 0.25) is 0 Å². The highest BCUT2D eigenvalue weighted by atomic mass is 32.2. The van der Waals surface area contributed by atoms with E-state index in [9.17, 15) is 13.2 Å². The van der Waals surface area contributed by atoms with Crippen LogP contribution in [0.3, 0.4) is 0 Å². The normalized spacial score (nSPS) is 15.7. The van der Waals surface area contributed by atoms with Crippen molar-refractivity contribution in [1.82, 2.24) is 4.90 Å². The topological polar surface area (TPSA) is 57.7 Å². The van der Waals surface area contributed by atoms with Gasteiger partial charge in [0.1, 0.15) is 0 Å². The molecule has 0 N–H and O–H groups in total. The van der Waals surface area contributed by atoms with E-state index in [1.807, 2.05) is 49.3 Å². The van der Waals surface area contributed by atoms with Crippen LogP contribution >= 0.6 is 0 Å². The summed E-state index contributed by atoms with van der Waals surface area (Å²) < 4.78 is 25.5. The molecule has 1 amide bonds. The van der Waals surface area contributed by atoms with Crippen molar-refractivity contribution in [2.24, 2.45) is 0 Å². The van der Waals surface area contributed by atoms with Gasteiger partial charge in [-0.3, -0.25) is 4.79 Å². The minimum absolute atomic E-state index is 0.0377. The highest BCUT2D eigenvalue weighted by molar-refractivity contribution is 7.92. The molecule has 0 aliphatic carbocycles. The fraction of sp³-hybridized carbons (Fsp3) is 0.350. The van der Waals surface area contributed by atoms with E-state index in [1.165, 1.54) is 0 Å². The first-order valence-electron chi connectivity index (χ1n) is 8.75. The second-order valence-electron chi connectivity index (χ2n) is 6.79. The number of nitrogens with zero attached hydrogens (tertiary/aromatic N) is 2. The molecule has 0 saturated carbocycles. The second-order valence-corrected chi connectivity index (χ2v) is 9.02. The van der Waals surface area contributed by atoms with Gasteiger partial charge in [0.15, 0.2) is 9.84 Å². The van der Waals surface area contributed by atoms with Gasteiger partial charge in [0, 0.05) is 38.4 Å². The Kier molecular flexibility index (Phi) is 5.32. The summed E-state index contributed by atoms with van der Waals surface area (Å²) in [5.41, 5.74) is 1.61. The number of anilines is 1. The maximum absolute atomic E-state index is 12.8. The SMILES string of the molecule is CN(C)c1cccc(C(=O)N2CCC(S(=O)(=O)c3ccccc3)CC2)c1. The molecule has 0 radical (unpaired) electrons. The van der Waals surface area contributed by atoms with Gasteiger partial charge in [-0.25, -0.2) is 8.42 Å². The summed E-state index contributed by atoms with van der Waals surface area (Å²) in [5, 5.41) is -0.429. The minimum Gasteiger partial charge on any atom is -0.378 e. The molecular weight excluding hydrogens is 348 g/mol. The third-order valence-electron chi connectivity index (χ3n) is 4.85. The van der Waals surface area contributed by atoms with E-state index in [1.54, 1.807) is 29.2 Å². The molecule has 2 aromatic rings. The van der Waals surface area contributed by atoms with Crippen LogP contribution in [-0.2, 0) is 9.84 Å². The Bertz CT molecular complexity index is 871. The molecular formula is C20H24N2O3S. The van der Waals surface area contributed by atoms with E-state index in [0.717, 1.165) is 5.69 Å². The summed E-state index contributed by atoms with van der Waals surface area (Å²) in [6.45, 7) is 0.920. The maximum Gasteiger partial charge on any atom is 0.253 e. The van der Waals surface area contributed by atoms with Gasteiger partial charge in [-0.2, -0.15) is 0 Å². The van der Waals surface area contributed by atoms with Gasteiger partial charge in [-0.1, -0.05) is 24.3 Å². The van der Waals surface area contributed by atoms with Crippen LogP contribution in [0.15, 0.2) is 59.5 Å². The number of carbonyl (C=O) groups is 1. The maximum atomic E-state index is 12.8. The molecule has 0 bridgehead atoms. The molecule has 1 fully saturated rings. The first-order valence-corrected chi connectivity index (χ1v) is 10.3. The van der Waals surface area contributed by atoms with Crippen LogP contribution in [0.25, 0.3) is 0 Å². The number of amides is 1. The zero-order valence-corrected chi connectivity index (χ0v) is 15.9. The van der Waals surface area contributed by atoms with Crippen LogP contribution in [0.4, 0.5) is 5.69 Å². The van der Waals surface area contributed by atoms with Gasteiger partial charge in [-0.05, 0) is 43.2 Å². The van der Waals surface area contributed by atoms with E-state index in [0.29, 0.717) is 36.4 Å². The van der Waals surface area contributed by atoms with Crippen molar-refractivity contribution < 1.29 is 13.2 Å². The van der Waals surface area contributed by atoms with Gasteiger partial charge in [0.05, 0.1) is 10.1 Å². The molecule has 26 heavy (non-hydrogen) atoms. The Morgan fingerprint density at radius 3 is 2.27 bits per heavy atom. The zero-order chi connectivity index (χ0) is 18.7. The zero-order valence-electron chi connectivity index (χ0n) is 15.1. The van der Waals surface area contributed by atoms with Crippen molar-refractivity contribution in [3.05, 3.63) is 60.2 Å². The summed E-state index contributed by atoms with van der Waals surface area (Å²) in [4.78, 5) is 16.8. The average Bonchev–Trinajstić information content (AvgIpc) is 2.68. The van der Waals surface area contributed by atoms with Crippen molar-refractivity contribution in [3.8, 4) is 0 Å². The fourth-order valence-corrected chi connectivity index (χ4v) is 5.02. The lowest BCUT2D eigenvalue weighted by Gasteiger charge is -2.32. The molecule has 6 heteroatoms. The Hall–Kier alpha value is -2.34. The predicted molar refractivity (Wildman–Crippen MR) is 103 cm³/mol. The lowest BCUT2D eigenvalue weighted by Crippen LogP contribution is -2.42. The highest BCUT2D eigenvalue weighted by Crippen LogP contribution is 2.25. The van der Waals surface area contributed by atoms with Crippen LogP contribution in [0.2, 0.25) is 0 Å². The first-order chi connectivity index (χ1) is 12.4. The van der Waals surface area contributed by atoms with Crippen molar-refractivity contribution in [2.75, 3.05) is 32.1 Å². The van der Waals surface area contributed by atoms with E-state index in [4.69, 9.17) is 0 Å². The molecule has 138 valence electrons. The molecule has 5 nitrogen and oxygen atoms in total. The number of piperidine rings is 1. The largest absolute Gasteiger partial charge is 0.378 e. The summed E-state index contributed by atoms with van der Waals surface area (Å²) >= 11 is 0. The number of hydrogen-bond acceptors (Lipinski definition) is 4. The Morgan fingerprint density at radius 2 is 1.65 bits per heavy atom. The highest BCUT2D eigenvalue weighted by Gasteiger charge is 2.32. The van der Waals surface area contributed by atoms with Gasteiger partial charge < -0.3 is 9.80 Å². The van der Waals surface area contributed by atoms with Crippen LogP contribution in [0.1, 0.15) is 23.2 Å². The summed E-state index contributed by atoms with van der Waals surface area (Å²) in [6.07, 6.45) is 0.937. The number of rotatable bonds is 4. The van der Waals surface area contributed by atoms with E-state index < -0.39 is 15.1 Å². The summed E-state index contributed by atoms with van der Waals surface area (Å²) in [7, 11) is 0.530. The summed E-state index contributed by atoms with van der Waals surface area (Å²) in [5.74, 6) is -0.0377. The molecule has 0 atom stereocenters. The quantitative estimate of drug-likeness (QED) is 0.828.